The topological polar surface area (TPSA) is 64.9 Å². The average Bonchev–Trinajstić information content (AvgIpc) is 2.92. The fourth-order valence-electron chi connectivity index (χ4n) is 2.52. The molecule has 1 aliphatic rings. The van der Waals surface area contributed by atoms with Crippen LogP contribution in [0, 0.1) is 5.92 Å². The Morgan fingerprint density at radius 1 is 1.35 bits per heavy atom. The zero-order valence-electron chi connectivity index (χ0n) is 12.4. The largest absolute Gasteiger partial charge is 0.339 e. The third kappa shape index (κ3) is 4.40. The van der Waals surface area contributed by atoms with Crippen LogP contribution in [0.5, 0.6) is 0 Å². The summed E-state index contributed by atoms with van der Waals surface area (Å²) in [6, 6.07) is 0. The number of nitrogens with two attached hydrogens (primary N) is 1. The van der Waals surface area contributed by atoms with Crippen molar-refractivity contribution < 1.29 is 4.52 Å². The number of hydrogen-bond donors (Lipinski definition) is 1. The summed E-state index contributed by atoms with van der Waals surface area (Å²) < 4.78 is 5.42. The van der Waals surface area contributed by atoms with Crippen molar-refractivity contribution in [2.75, 3.05) is 18.1 Å². The van der Waals surface area contributed by atoms with Crippen LogP contribution < -0.4 is 5.73 Å². The molecule has 3 unspecified atom stereocenters. The van der Waals surface area contributed by atoms with Gasteiger partial charge in [-0.1, -0.05) is 25.4 Å². The molecule has 1 fully saturated rings. The van der Waals surface area contributed by atoms with Crippen LogP contribution in [-0.4, -0.2) is 33.4 Å². The van der Waals surface area contributed by atoms with E-state index >= 15 is 0 Å². The maximum atomic E-state index is 5.63. The second-order valence-corrected chi connectivity index (χ2v) is 8.04. The van der Waals surface area contributed by atoms with E-state index in [4.69, 9.17) is 10.3 Å². The van der Waals surface area contributed by atoms with E-state index in [1.165, 1.54) is 17.9 Å². The highest BCUT2D eigenvalue weighted by Gasteiger charge is 2.28. The minimum Gasteiger partial charge on any atom is -0.339 e. The number of hydrogen-bond acceptors (Lipinski definition) is 6. The molecule has 114 valence electrons. The van der Waals surface area contributed by atoms with E-state index in [0.717, 1.165) is 37.5 Å². The summed E-state index contributed by atoms with van der Waals surface area (Å²) in [5.74, 6) is 4.76. The molecule has 2 rings (SSSR count). The number of rotatable bonds is 7. The van der Waals surface area contributed by atoms with Crippen LogP contribution in [0.1, 0.15) is 50.1 Å². The van der Waals surface area contributed by atoms with E-state index < -0.39 is 0 Å². The summed E-state index contributed by atoms with van der Waals surface area (Å²) in [6.07, 6.45) is 4.23. The second kappa shape index (κ2) is 8.29. The molecule has 1 aliphatic heterocycles. The van der Waals surface area contributed by atoms with Crippen molar-refractivity contribution in [3.8, 4) is 0 Å². The van der Waals surface area contributed by atoms with Gasteiger partial charge in [0.1, 0.15) is 0 Å². The molecule has 0 amide bonds. The second-order valence-electron chi connectivity index (χ2n) is 5.30. The van der Waals surface area contributed by atoms with Crippen LogP contribution in [-0.2, 0) is 6.42 Å². The van der Waals surface area contributed by atoms with Gasteiger partial charge in [-0.15, -0.1) is 11.8 Å². The SMILES string of the molecule is CCC(CCN)CCc1nc(C2SCCSC2C)no1. The predicted octanol–water partition coefficient (Wildman–Crippen LogP) is 3.29. The van der Waals surface area contributed by atoms with Gasteiger partial charge >= 0.3 is 0 Å². The fraction of sp³-hybridized carbons (Fsp3) is 0.857. The maximum Gasteiger partial charge on any atom is 0.226 e. The van der Waals surface area contributed by atoms with E-state index in [-0.39, 0.29) is 0 Å². The predicted molar refractivity (Wildman–Crippen MR) is 87.2 cm³/mol. The molecule has 0 saturated carbocycles. The van der Waals surface area contributed by atoms with Gasteiger partial charge in [0.15, 0.2) is 5.82 Å². The van der Waals surface area contributed by atoms with Crippen molar-refractivity contribution in [1.29, 1.82) is 0 Å². The number of aryl methyl sites for hydroxylation is 1. The molecule has 1 aromatic rings. The molecule has 0 radical (unpaired) electrons. The number of nitrogens with zero attached hydrogens (tertiary/aromatic N) is 2. The Kier molecular flexibility index (Phi) is 6.71. The standard InChI is InChI=1S/C14H25N3OS2/c1-3-11(6-7-15)4-5-12-16-14(17-18-12)13-10(2)19-8-9-20-13/h10-11,13H,3-9,15H2,1-2H3. The summed E-state index contributed by atoms with van der Waals surface area (Å²) in [4.78, 5) is 4.61. The van der Waals surface area contributed by atoms with Crippen LogP contribution in [0.3, 0.4) is 0 Å². The normalized spacial score (nSPS) is 24.8. The lowest BCUT2D eigenvalue weighted by Crippen LogP contribution is -2.16. The molecule has 0 aliphatic carbocycles. The van der Waals surface area contributed by atoms with E-state index in [9.17, 15) is 0 Å². The van der Waals surface area contributed by atoms with Gasteiger partial charge in [-0.05, 0) is 25.3 Å². The highest BCUT2D eigenvalue weighted by molar-refractivity contribution is 8.06. The van der Waals surface area contributed by atoms with Gasteiger partial charge in [-0.2, -0.15) is 16.7 Å². The quantitative estimate of drug-likeness (QED) is 0.833. The molecule has 0 aromatic carbocycles. The first-order chi connectivity index (χ1) is 9.74. The molecule has 2 heterocycles. The van der Waals surface area contributed by atoms with Crippen molar-refractivity contribution >= 4 is 23.5 Å². The van der Waals surface area contributed by atoms with Gasteiger partial charge in [-0.3, -0.25) is 0 Å². The number of aromatic nitrogens is 2. The Labute approximate surface area is 130 Å². The summed E-state index contributed by atoms with van der Waals surface area (Å²) in [7, 11) is 0. The van der Waals surface area contributed by atoms with Crippen molar-refractivity contribution in [1.82, 2.24) is 10.1 Å². The lowest BCUT2D eigenvalue weighted by Gasteiger charge is -2.24. The maximum absolute atomic E-state index is 5.63. The van der Waals surface area contributed by atoms with E-state index in [1.807, 2.05) is 23.5 Å². The van der Waals surface area contributed by atoms with E-state index in [1.54, 1.807) is 0 Å². The molecule has 2 N–H and O–H groups in total. The monoisotopic (exact) mass is 315 g/mol. The van der Waals surface area contributed by atoms with Crippen LogP contribution in [0.4, 0.5) is 0 Å². The highest BCUT2D eigenvalue weighted by atomic mass is 32.2. The van der Waals surface area contributed by atoms with Gasteiger partial charge in [0.05, 0.1) is 5.25 Å². The zero-order chi connectivity index (χ0) is 14.4. The van der Waals surface area contributed by atoms with Crippen molar-refractivity contribution in [3.05, 3.63) is 11.7 Å². The Balaban J connectivity index is 1.88. The molecule has 0 bridgehead atoms. The molecule has 1 aromatic heterocycles. The molecule has 3 atom stereocenters. The zero-order valence-corrected chi connectivity index (χ0v) is 14.0. The van der Waals surface area contributed by atoms with Crippen LogP contribution in [0.2, 0.25) is 0 Å². The van der Waals surface area contributed by atoms with Gasteiger partial charge in [-0.25, -0.2) is 0 Å². The summed E-state index contributed by atoms with van der Waals surface area (Å²) in [5.41, 5.74) is 5.63. The van der Waals surface area contributed by atoms with Crippen molar-refractivity contribution in [2.24, 2.45) is 11.7 Å². The van der Waals surface area contributed by atoms with Crippen LogP contribution in [0.15, 0.2) is 4.52 Å². The van der Waals surface area contributed by atoms with Gasteiger partial charge < -0.3 is 10.3 Å². The lowest BCUT2D eigenvalue weighted by atomic mass is 9.97. The summed E-state index contributed by atoms with van der Waals surface area (Å²) in [5, 5.41) is 5.15. The minimum absolute atomic E-state index is 0.386. The van der Waals surface area contributed by atoms with Crippen molar-refractivity contribution in [2.45, 2.75) is 50.0 Å². The Morgan fingerprint density at radius 2 is 2.15 bits per heavy atom. The van der Waals surface area contributed by atoms with Gasteiger partial charge in [0.25, 0.3) is 0 Å². The van der Waals surface area contributed by atoms with Gasteiger partial charge in [0.2, 0.25) is 5.89 Å². The van der Waals surface area contributed by atoms with E-state index in [0.29, 0.717) is 16.4 Å². The Bertz CT molecular complexity index is 400. The first-order valence-corrected chi connectivity index (χ1v) is 9.60. The van der Waals surface area contributed by atoms with E-state index in [2.05, 4.69) is 24.0 Å². The number of thioether (sulfide) groups is 2. The summed E-state index contributed by atoms with van der Waals surface area (Å²) >= 11 is 3.95. The Hall–Kier alpha value is -0.200. The third-order valence-corrected chi connectivity index (χ3v) is 6.93. The first-order valence-electron chi connectivity index (χ1n) is 7.50. The molecule has 20 heavy (non-hydrogen) atoms. The fourth-order valence-corrected chi connectivity index (χ4v) is 5.20. The van der Waals surface area contributed by atoms with Crippen molar-refractivity contribution in [3.63, 3.8) is 0 Å². The minimum atomic E-state index is 0.386. The molecule has 0 spiro atoms. The lowest BCUT2D eigenvalue weighted by molar-refractivity contribution is 0.350. The van der Waals surface area contributed by atoms with Crippen LogP contribution >= 0.6 is 23.5 Å². The molecular formula is C14H25N3OS2. The smallest absolute Gasteiger partial charge is 0.226 e. The molecule has 4 nitrogen and oxygen atoms in total. The molecule has 1 saturated heterocycles. The summed E-state index contributed by atoms with van der Waals surface area (Å²) in [6.45, 7) is 5.24. The third-order valence-electron chi connectivity index (χ3n) is 3.84. The Morgan fingerprint density at radius 3 is 2.85 bits per heavy atom. The molecule has 6 heteroatoms. The average molecular weight is 316 g/mol. The highest BCUT2D eigenvalue weighted by Crippen LogP contribution is 2.41. The first kappa shape index (κ1) is 16.2. The van der Waals surface area contributed by atoms with Gasteiger partial charge in [0, 0.05) is 23.2 Å². The van der Waals surface area contributed by atoms with Crippen LogP contribution in [0.25, 0.3) is 0 Å². The molecular weight excluding hydrogens is 290 g/mol.